The fraction of sp³-hybridized carbons (Fsp3) is 0.143. The summed E-state index contributed by atoms with van der Waals surface area (Å²) < 4.78 is 6.54. The molecule has 0 aliphatic rings. The summed E-state index contributed by atoms with van der Waals surface area (Å²) in [5.74, 6) is 1.06. The Morgan fingerprint density at radius 3 is 2.83 bits per heavy atom. The maximum Gasteiger partial charge on any atom is 0.254 e. The molecule has 9 nitrogen and oxygen atoms in total. The van der Waals surface area contributed by atoms with Crippen molar-refractivity contribution in [2.24, 2.45) is 0 Å². The average Bonchev–Trinajstić information content (AvgIpc) is 2.97. The number of aromatic nitrogens is 4. The Hall–Kier alpha value is -3.01. The van der Waals surface area contributed by atoms with Crippen LogP contribution in [0.25, 0.3) is 5.78 Å². The van der Waals surface area contributed by atoms with Crippen molar-refractivity contribution in [3.63, 3.8) is 0 Å². The van der Waals surface area contributed by atoms with E-state index in [2.05, 4.69) is 20.5 Å². The summed E-state index contributed by atoms with van der Waals surface area (Å²) in [6, 6.07) is 8.24. The number of nitrogens with one attached hydrogen (secondary N) is 2. The summed E-state index contributed by atoms with van der Waals surface area (Å²) >= 11 is 1.16. The van der Waals surface area contributed by atoms with Gasteiger partial charge in [-0.3, -0.25) is 14.6 Å². The molecule has 2 heterocycles. The van der Waals surface area contributed by atoms with Crippen molar-refractivity contribution >= 4 is 35.0 Å². The number of aromatic amines is 1. The number of carbonyl (C=O) groups excluding carboxylic acids is 1. The standard InChI is InChI=1S/C14H14N6O3S/c1-23-9-4-2-8(3-5-9)16-12(22)7-24-14-19-18-13-17-11(21)6-10(15)20(13)14/h2-6H,7,15H2,1H3,(H,16,22)(H,17,18,21). The third kappa shape index (κ3) is 3.33. The lowest BCUT2D eigenvalue weighted by Crippen LogP contribution is -2.15. The van der Waals surface area contributed by atoms with Crippen LogP contribution in [0.3, 0.4) is 0 Å². The van der Waals surface area contributed by atoms with Gasteiger partial charge in [-0.2, -0.15) is 0 Å². The molecule has 3 aromatic rings. The highest BCUT2D eigenvalue weighted by Crippen LogP contribution is 2.19. The predicted octanol–water partition coefficient (Wildman–Crippen LogP) is 0.739. The van der Waals surface area contributed by atoms with Gasteiger partial charge < -0.3 is 15.8 Å². The van der Waals surface area contributed by atoms with Crippen molar-refractivity contribution in [3.05, 3.63) is 40.7 Å². The number of fused-ring (bicyclic) bond motifs is 1. The van der Waals surface area contributed by atoms with E-state index in [1.54, 1.807) is 31.4 Å². The summed E-state index contributed by atoms with van der Waals surface area (Å²) in [5, 5.41) is 10.9. The van der Waals surface area contributed by atoms with Crippen molar-refractivity contribution < 1.29 is 9.53 Å². The third-order valence-corrected chi connectivity index (χ3v) is 4.04. The zero-order valence-electron chi connectivity index (χ0n) is 12.6. The van der Waals surface area contributed by atoms with Gasteiger partial charge in [0.1, 0.15) is 11.6 Å². The van der Waals surface area contributed by atoms with Crippen molar-refractivity contribution in [3.8, 4) is 5.75 Å². The number of hydrogen-bond donors (Lipinski definition) is 3. The van der Waals surface area contributed by atoms with E-state index in [9.17, 15) is 9.59 Å². The molecule has 3 rings (SSSR count). The minimum absolute atomic E-state index is 0.116. The number of carbonyl (C=O) groups is 1. The van der Waals surface area contributed by atoms with E-state index in [1.807, 2.05) is 0 Å². The summed E-state index contributed by atoms with van der Waals surface area (Å²) in [7, 11) is 1.58. The zero-order chi connectivity index (χ0) is 17.1. The summed E-state index contributed by atoms with van der Waals surface area (Å²) in [4.78, 5) is 25.9. The first kappa shape index (κ1) is 15.9. The number of H-pyrrole nitrogens is 1. The Bertz CT molecular complexity index is 934. The quantitative estimate of drug-likeness (QED) is 0.581. The molecule has 4 N–H and O–H groups in total. The summed E-state index contributed by atoms with van der Waals surface area (Å²) in [5.41, 5.74) is 6.10. The minimum atomic E-state index is -0.360. The topological polar surface area (TPSA) is 127 Å². The number of rotatable bonds is 5. The summed E-state index contributed by atoms with van der Waals surface area (Å²) in [6.07, 6.45) is 0. The number of methoxy groups -OCH3 is 1. The molecule has 0 aliphatic carbocycles. The normalized spacial score (nSPS) is 10.7. The van der Waals surface area contributed by atoms with Crippen LogP contribution in [0.2, 0.25) is 0 Å². The van der Waals surface area contributed by atoms with Gasteiger partial charge in [0.2, 0.25) is 11.7 Å². The van der Waals surface area contributed by atoms with Crippen LogP contribution in [0.1, 0.15) is 0 Å². The number of anilines is 2. The highest BCUT2D eigenvalue weighted by Gasteiger charge is 2.12. The highest BCUT2D eigenvalue weighted by atomic mass is 32.2. The zero-order valence-corrected chi connectivity index (χ0v) is 13.5. The fourth-order valence-corrected chi connectivity index (χ4v) is 2.78. The lowest BCUT2D eigenvalue weighted by molar-refractivity contribution is -0.113. The largest absolute Gasteiger partial charge is 0.497 e. The molecule has 0 bridgehead atoms. The van der Waals surface area contributed by atoms with Crippen LogP contribution >= 0.6 is 11.8 Å². The highest BCUT2D eigenvalue weighted by molar-refractivity contribution is 7.99. The fourth-order valence-electron chi connectivity index (χ4n) is 2.02. The monoisotopic (exact) mass is 346 g/mol. The summed E-state index contributed by atoms with van der Waals surface area (Å²) in [6.45, 7) is 0. The number of nitrogens with zero attached hydrogens (tertiary/aromatic N) is 3. The van der Waals surface area contributed by atoms with Crippen LogP contribution < -0.4 is 21.3 Å². The number of ether oxygens (including phenoxy) is 1. The van der Waals surface area contributed by atoms with Crippen molar-refractivity contribution in [1.29, 1.82) is 0 Å². The van der Waals surface area contributed by atoms with Crippen LogP contribution in [-0.4, -0.2) is 38.4 Å². The minimum Gasteiger partial charge on any atom is -0.497 e. The van der Waals surface area contributed by atoms with E-state index in [4.69, 9.17) is 10.5 Å². The molecule has 0 atom stereocenters. The van der Waals surface area contributed by atoms with Gasteiger partial charge in [0.05, 0.1) is 12.9 Å². The Morgan fingerprint density at radius 2 is 2.12 bits per heavy atom. The van der Waals surface area contributed by atoms with E-state index in [0.29, 0.717) is 16.6 Å². The van der Waals surface area contributed by atoms with Crippen molar-refractivity contribution in [1.82, 2.24) is 19.6 Å². The van der Waals surface area contributed by atoms with Gasteiger partial charge in [0.15, 0.2) is 5.16 Å². The molecule has 0 spiro atoms. The number of hydrogen-bond acceptors (Lipinski definition) is 7. The lowest BCUT2D eigenvalue weighted by atomic mass is 10.3. The van der Waals surface area contributed by atoms with E-state index >= 15 is 0 Å². The lowest BCUT2D eigenvalue weighted by Gasteiger charge is -2.06. The van der Waals surface area contributed by atoms with Crippen LogP contribution in [-0.2, 0) is 4.79 Å². The van der Waals surface area contributed by atoms with Crippen LogP contribution in [0.4, 0.5) is 11.5 Å². The van der Waals surface area contributed by atoms with Gasteiger partial charge >= 0.3 is 0 Å². The molecule has 0 unspecified atom stereocenters. The SMILES string of the molecule is COc1ccc(NC(=O)CSc2nnc3[nH]c(=O)cc(N)n23)cc1. The van der Waals surface area contributed by atoms with E-state index < -0.39 is 0 Å². The molecule has 2 aromatic heterocycles. The Morgan fingerprint density at radius 1 is 1.38 bits per heavy atom. The Balaban J connectivity index is 1.67. The van der Waals surface area contributed by atoms with Gasteiger partial charge in [-0.15, -0.1) is 10.2 Å². The van der Waals surface area contributed by atoms with Gasteiger partial charge in [0, 0.05) is 11.8 Å². The second-order valence-electron chi connectivity index (χ2n) is 4.77. The molecule has 0 saturated heterocycles. The van der Waals surface area contributed by atoms with Crippen LogP contribution in [0.5, 0.6) is 5.75 Å². The molecular formula is C14H14N6O3S. The molecule has 1 aromatic carbocycles. The van der Waals surface area contributed by atoms with Gasteiger partial charge in [0.25, 0.3) is 5.56 Å². The van der Waals surface area contributed by atoms with E-state index in [0.717, 1.165) is 11.8 Å². The molecular weight excluding hydrogens is 332 g/mol. The molecule has 0 aliphatic heterocycles. The molecule has 0 fully saturated rings. The first-order valence-electron chi connectivity index (χ1n) is 6.87. The molecule has 124 valence electrons. The number of amides is 1. The maximum atomic E-state index is 12.0. The molecule has 1 amide bonds. The number of thioether (sulfide) groups is 1. The Kier molecular flexibility index (Phi) is 4.38. The molecule has 24 heavy (non-hydrogen) atoms. The van der Waals surface area contributed by atoms with Crippen LogP contribution in [0, 0.1) is 0 Å². The number of benzene rings is 1. The van der Waals surface area contributed by atoms with Crippen molar-refractivity contribution in [2.45, 2.75) is 5.16 Å². The van der Waals surface area contributed by atoms with E-state index in [1.165, 1.54) is 10.5 Å². The van der Waals surface area contributed by atoms with Gasteiger partial charge in [-0.1, -0.05) is 11.8 Å². The first-order chi connectivity index (χ1) is 11.6. The van der Waals surface area contributed by atoms with Crippen molar-refractivity contribution in [2.75, 3.05) is 23.9 Å². The van der Waals surface area contributed by atoms with Gasteiger partial charge in [-0.25, -0.2) is 4.40 Å². The molecule has 10 heteroatoms. The second kappa shape index (κ2) is 6.62. The number of nitrogens with two attached hydrogens (primary N) is 1. The smallest absolute Gasteiger partial charge is 0.254 e. The van der Waals surface area contributed by atoms with Gasteiger partial charge in [-0.05, 0) is 24.3 Å². The number of nitrogen functional groups attached to an aromatic ring is 1. The second-order valence-corrected chi connectivity index (χ2v) is 5.71. The molecule has 0 radical (unpaired) electrons. The third-order valence-electron chi connectivity index (χ3n) is 3.11. The molecule has 0 saturated carbocycles. The average molecular weight is 346 g/mol. The maximum absolute atomic E-state index is 12.0. The predicted molar refractivity (Wildman–Crippen MR) is 90.4 cm³/mol. The first-order valence-corrected chi connectivity index (χ1v) is 7.86. The Labute approximate surface area is 140 Å². The van der Waals surface area contributed by atoms with Crippen LogP contribution in [0.15, 0.2) is 40.3 Å². The van der Waals surface area contributed by atoms with E-state index in [-0.39, 0.29) is 28.8 Å².